The number of carboxylic acids is 1. The van der Waals surface area contributed by atoms with Gasteiger partial charge < -0.3 is 50.7 Å². The molecule has 24 heteroatoms. The molecule has 5 N–H and O–H groups in total. The van der Waals surface area contributed by atoms with Crippen molar-refractivity contribution in [1.82, 2.24) is 30.2 Å². The first-order chi connectivity index (χ1) is 30.9. The topological polar surface area (TPSA) is 261 Å². The van der Waals surface area contributed by atoms with Crippen LogP contribution in [-0.2, 0) is 47.9 Å². The maximum absolute atomic E-state index is 14.0. The second-order valence-electron chi connectivity index (χ2n) is 16.7. The smallest absolute Gasteiger partial charge is 0.313 e. The van der Waals surface area contributed by atoms with Crippen molar-refractivity contribution in [3.05, 3.63) is 53.6 Å². The number of amides is 8. The Hall–Kier alpha value is -7.14. The summed E-state index contributed by atoms with van der Waals surface area (Å²) in [6.45, 7) is 4.65. The molecule has 0 aromatic heterocycles. The lowest BCUT2D eigenvalue weighted by Crippen LogP contribution is -2.58. The van der Waals surface area contributed by atoms with Gasteiger partial charge in [0.2, 0.25) is 47.1 Å². The summed E-state index contributed by atoms with van der Waals surface area (Å²) in [5, 5.41) is 18.4. The normalized spacial score (nSPS) is 20.5. The minimum Gasteiger partial charge on any atom is -0.481 e. The molecule has 0 radical (unpaired) electrons. The van der Waals surface area contributed by atoms with E-state index >= 15 is 0 Å². The van der Waals surface area contributed by atoms with E-state index in [-0.39, 0.29) is 29.9 Å². The second kappa shape index (κ2) is 20.4. The molecule has 356 valence electrons. The van der Waals surface area contributed by atoms with E-state index in [1.165, 1.54) is 54.8 Å². The first-order valence-electron chi connectivity index (χ1n) is 20.6. The fourth-order valence-electron chi connectivity index (χ4n) is 7.78. The van der Waals surface area contributed by atoms with Crippen molar-refractivity contribution in [1.29, 1.82) is 0 Å². The third-order valence-electron chi connectivity index (χ3n) is 11.5. The summed E-state index contributed by atoms with van der Waals surface area (Å²) in [5.74, 6) is -19.5. The Bertz CT molecular complexity index is 2310. The van der Waals surface area contributed by atoms with Gasteiger partial charge >= 0.3 is 17.8 Å². The predicted molar refractivity (Wildman–Crippen MR) is 219 cm³/mol. The molecular formula is C42H48F4N8O12. The highest BCUT2D eigenvalue weighted by Crippen LogP contribution is 2.52. The van der Waals surface area contributed by atoms with Gasteiger partial charge in [0.05, 0.1) is 19.6 Å². The van der Waals surface area contributed by atoms with Crippen LogP contribution < -0.4 is 26.0 Å². The van der Waals surface area contributed by atoms with Crippen LogP contribution in [0.15, 0.2) is 30.3 Å². The summed E-state index contributed by atoms with van der Waals surface area (Å²) in [7, 11) is 0. The number of hydrogen-bond donors (Lipinski definition) is 5. The number of nitrogens with one attached hydrogen (secondary N) is 4. The SMILES string of the molecule is CC(=O)N1CC(=O)N2C(C)C(=O)N(CCC3CC32C)CC(=O)N(CC(=O)Nc2ccc(NC(=O)C(=O)NC(C(=O)NC(CC(=O)O)C(=O)COc3c(F)c(F)cc(F)c3F)C(C)C)cc2)C1. The maximum atomic E-state index is 14.0. The number of ether oxygens (including phenoxy) is 1. The average molecular weight is 933 g/mol. The zero-order valence-corrected chi connectivity index (χ0v) is 36.4. The number of carboxylic acid groups (broad SMARTS) is 1. The molecule has 1 aliphatic carbocycles. The van der Waals surface area contributed by atoms with Gasteiger partial charge in [-0.25, -0.2) is 8.78 Å². The van der Waals surface area contributed by atoms with Crippen LogP contribution in [0.2, 0.25) is 0 Å². The largest absolute Gasteiger partial charge is 0.481 e. The third-order valence-corrected chi connectivity index (χ3v) is 11.5. The van der Waals surface area contributed by atoms with Gasteiger partial charge in [-0.05, 0) is 62.8 Å². The monoisotopic (exact) mass is 932 g/mol. The number of aliphatic carboxylic acids is 1. The fraction of sp³-hybridized carbons (Fsp3) is 0.476. The highest BCUT2D eigenvalue weighted by atomic mass is 19.2. The summed E-state index contributed by atoms with van der Waals surface area (Å²) in [6, 6.07) is 0.743. The number of carbonyl (C=O) groups is 10. The van der Waals surface area contributed by atoms with E-state index in [2.05, 4.69) is 26.0 Å². The lowest BCUT2D eigenvalue weighted by atomic mass is 10.0. The fourth-order valence-corrected chi connectivity index (χ4v) is 7.78. The molecule has 5 rings (SSSR count). The Morgan fingerprint density at radius 1 is 0.879 bits per heavy atom. The average Bonchev–Trinajstić information content (AvgIpc) is 3.90. The van der Waals surface area contributed by atoms with Crippen LogP contribution in [-0.4, -0.2) is 147 Å². The summed E-state index contributed by atoms with van der Waals surface area (Å²) < 4.78 is 59.8. The Labute approximate surface area is 374 Å². The molecule has 5 atom stereocenters. The van der Waals surface area contributed by atoms with Gasteiger partial charge in [0.1, 0.15) is 37.8 Å². The quantitative estimate of drug-likeness (QED) is 0.0999. The number of hydrogen-bond acceptors (Lipinski definition) is 11. The minimum absolute atomic E-state index is 0.0258. The summed E-state index contributed by atoms with van der Waals surface area (Å²) in [5.41, 5.74) is -0.372. The van der Waals surface area contributed by atoms with E-state index in [1.54, 1.807) is 6.92 Å². The van der Waals surface area contributed by atoms with E-state index in [1.807, 2.05) is 6.92 Å². The Morgan fingerprint density at radius 3 is 2.06 bits per heavy atom. The molecule has 2 bridgehead atoms. The van der Waals surface area contributed by atoms with Crippen molar-refractivity contribution in [2.75, 3.05) is 50.1 Å². The van der Waals surface area contributed by atoms with Crippen LogP contribution in [0.3, 0.4) is 0 Å². The summed E-state index contributed by atoms with van der Waals surface area (Å²) >= 11 is 0. The van der Waals surface area contributed by atoms with Gasteiger partial charge in [0.25, 0.3) is 0 Å². The van der Waals surface area contributed by atoms with Crippen LogP contribution in [0.25, 0.3) is 0 Å². The van der Waals surface area contributed by atoms with Crippen molar-refractivity contribution in [2.24, 2.45) is 11.8 Å². The highest BCUT2D eigenvalue weighted by Gasteiger charge is 2.59. The number of carbonyl (C=O) groups excluding carboxylic acids is 9. The van der Waals surface area contributed by atoms with Gasteiger partial charge in [0, 0.05) is 36.4 Å². The Morgan fingerprint density at radius 2 is 1.48 bits per heavy atom. The number of nitrogens with zero attached hydrogens (tertiary/aromatic N) is 4. The van der Waals surface area contributed by atoms with E-state index in [9.17, 15) is 70.6 Å². The van der Waals surface area contributed by atoms with Crippen LogP contribution in [0, 0.1) is 35.1 Å². The zero-order valence-electron chi connectivity index (χ0n) is 36.4. The molecule has 8 amide bonds. The number of rotatable bonds is 14. The lowest BCUT2D eigenvalue weighted by molar-refractivity contribution is -0.151. The van der Waals surface area contributed by atoms with E-state index in [0.29, 0.717) is 12.8 Å². The lowest BCUT2D eigenvalue weighted by Gasteiger charge is -2.40. The second-order valence-corrected chi connectivity index (χ2v) is 16.7. The molecule has 20 nitrogen and oxygen atoms in total. The molecular weight excluding hydrogens is 884 g/mol. The molecule has 0 spiro atoms. The van der Waals surface area contributed by atoms with E-state index < -0.39 is 157 Å². The molecule has 2 aromatic rings. The minimum atomic E-state index is -1.97. The molecule has 1 saturated carbocycles. The predicted octanol–water partition coefficient (Wildman–Crippen LogP) is 0.745. The molecule has 2 aliphatic heterocycles. The summed E-state index contributed by atoms with van der Waals surface area (Å²) in [6.07, 6.45) is 0.146. The van der Waals surface area contributed by atoms with Crippen LogP contribution >= 0.6 is 0 Å². The molecule has 5 unspecified atom stereocenters. The van der Waals surface area contributed by atoms with Gasteiger partial charge in [-0.15, -0.1) is 0 Å². The zero-order chi connectivity index (χ0) is 48.9. The van der Waals surface area contributed by atoms with Crippen molar-refractivity contribution < 1.29 is 75.4 Å². The standard InChI is InChI=1S/C42H48F4N8O12/c1-20(2)36(38(62)49-28(13-33(60)61)29(56)18-66-37-34(45)26(43)12-27(44)35(37)46)50-40(64)39(63)48-25-8-6-24(7-9-25)47-30(57)15-53-19-52(22(4)55)17-32(59)54-21(3)41(65)51(16-31(53)58)11-10-23-14-42(23,54)5/h6-9,12,20-21,23,28,36H,10-11,13-19H2,1-5H3,(H,47,57)(H,48,63)(H,49,62)(H,50,64)(H,60,61). The van der Waals surface area contributed by atoms with Crippen molar-refractivity contribution in [3.8, 4) is 5.75 Å². The number of fused-ring (bicyclic) bond motifs is 5. The van der Waals surface area contributed by atoms with Crippen LogP contribution in [0.5, 0.6) is 5.75 Å². The number of benzene rings is 2. The first kappa shape index (κ1) is 49.9. The molecule has 3 fully saturated rings. The van der Waals surface area contributed by atoms with E-state index in [0.717, 1.165) is 9.80 Å². The Kier molecular flexibility index (Phi) is 15.4. The summed E-state index contributed by atoms with van der Waals surface area (Å²) in [4.78, 5) is 135. The third kappa shape index (κ3) is 11.6. The van der Waals surface area contributed by atoms with Crippen molar-refractivity contribution in [2.45, 2.75) is 77.5 Å². The van der Waals surface area contributed by atoms with E-state index in [4.69, 9.17) is 0 Å². The number of halogens is 4. The van der Waals surface area contributed by atoms with Gasteiger partial charge in [-0.2, -0.15) is 8.78 Å². The number of anilines is 2. The van der Waals surface area contributed by atoms with Crippen LogP contribution in [0.1, 0.15) is 53.9 Å². The number of Topliss-reactive ketones (excluding diaryl/α,β-unsaturated/α-hetero) is 1. The maximum Gasteiger partial charge on any atom is 0.313 e. The highest BCUT2D eigenvalue weighted by molar-refractivity contribution is 6.40. The molecule has 2 aromatic carbocycles. The molecule has 66 heavy (non-hydrogen) atoms. The molecule has 3 aliphatic rings. The molecule has 2 heterocycles. The van der Waals surface area contributed by atoms with Crippen molar-refractivity contribution in [3.63, 3.8) is 0 Å². The first-order valence-corrected chi connectivity index (χ1v) is 20.6. The van der Waals surface area contributed by atoms with Crippen molar-refractivity contribution >= 4 is 70.4 Å². The molecule has 2 saturated heterocycles. The van der Waals surface area contributed by atoms with Gasteiger partial charge in [0.15, 0.2) is 23.2 Å². The van der Waals surface area contributed by atoms with Gasteiger partial charge in [-0.1, -0.05) is 13.8 Å². The Balaban J connectivity index is 1.18. The number of ketones is 1. The van der Waals surface area contributed by atoms with Gasteiger partial charge in [-0.3, -0.25) is 47.9 Å². The van der Waals surface area contributed by atoms with Crippen LogP contribution in [0.4, 0.5) is 28.9 Å².